The van der Waals surface area contributed by atoms with E-state index in [4.69, 9.17) is 10.7 Å². The van der Waals surface area contributed by atoms with E-state index in [0.29, 0.717) is 5.41 Å². The number of nitrogens with two attached hydrogens (primary N) is 1. The Bertz CT molecular complexity index is 628. The Morgan fingerprint density at radius 3 is 2.86 bits per heavy atom. The van der Waals surface area contributed by atoms with E-state index in [1.54, 1.807) is 6.20 Å². The lowest BCUT2D eigenvalue weighted by atomic mass is 9.73. The predicted octanol–water partition coefficient (Wildman–Crippen LogP) is 3.93. The van der Waals surface area contributed by atoms with Gasteiger partial charge in [-0.15, -0.1) is 11.3 Å². The third-order valence-electron chi connectivity index (χ3n) is 4.67. The second-order valence-electron chi connectivity index (χ2n) is 7.35. The molecule has 2 aromatic heterocycles. The zero-order chi connectivity index (χ0) is 15.7. The number of hydrogen-bond acceptors (Lipinski definition) is 4. The van der Waals surface area contributed by atoms with Crippen LogP contribution in [0, 0.1) is 11.3 Å². The summed E-state index contributed by atoms with van der Waals surface area (Å²) in [5.41, 5.74) is 8.93. The Morgan fingerprint density at radius 1 is 1.36 bits per heavy atom. The van der Waals surface area contributed by atoms with Gasteiger partial charge >= 0.3 is 0 Å². The van der Waals surface area contributed by atoms with Crippen molar-refractivity contribution in [3.05, 3.63) is 45.7 Å². The molecule has 3 rings (SSSR count). The second kappa shape index (κ2) is 6.09. The molecule has 22 heavy (non-hydrogen) atoms. The van der Waals surface area contributed by atoms with Gasteiger partial charge in [0.25, 0.3) is 0 Å². The Morgan fingerprint density at radius 2 is 2.18 bits per heavy atom. The maximum Gasteiger partial charge on any atom is 0.0950 e. The predicted molar refractivity (Wildman–Crippen MR) is 92.0 cm³/mol. The van der Waals surface area contributed by atoms with Crippen LogP contribution in [-0.2, 0) is 19.3 Å². The molecule has 0 saturated heterocycles. The smallest absolute Gasteiger partial charge is 0.0950 e. The highest BCUT2D eigenvalue weighted by Gasteiger charge is 2.30. The van der Waals surface area contributed by atoms with E-state index in [-0.39, 0.29) is 6.04 Å². The molecule has 0 radical (unpaired) electrons. The van der Waals surface area contributed by atoms with Crippen LogP contribution in [0.1, 0.15) is 54.5 Å². The van der Waals surface area contributed by atoms with Crippen LogP contribution in [0.2, 0.25) is 0 Å². The van der Waals surface area contributed by atoms with Gasteiger partial charge in [-0.05, 0) is 42.7 Å². The third kappa shape index (κ3) is 3.39. The van der Waals surface area contributed by atoms with E-state index in [1.807, 2.05) is 29.5 Å². The molecule has 0 bridgehead atoms. The first-order valence-electron chi connectivity index (χ1n) is 8.07. The van der Waals surface area contributed by atoms with Crippen LogP contribution in [-0.4, -0.2) is 9.97 Å². The third-order valence-corrected chi connectivity index (χ3v) is 5.81. The van der Waals surface area contributed by atoms with Crippen molar-refractivity contribution in [1.82, 2.24) is 9.97 Å². The van der Waals surface area contributed by atoms with Gasteiger partial charge in [-0.2, -0.15) is 0 Å². The Hall–Kier alpha value is -1.26. The zero-order valence-electron chi connectivity index (χ0n) is 13.7. The molecular weight excluding hydrogens is 290 g/mol. The normalized spacial score (nSPS) is 19.7. The number of thiazole rings is 1. The summed E-state index contributed by atoms with van der Waals surface area (Å²) in [5.74, 6) is 0.762. The quantitative estimate of drug-likeness (QED) is 0.933. The van der Waals surface area contributed by atoms with Gasteiger partial charge in [0.2, 0.25) is 0 Å². The molecular formula is C18H25N3S. The minimum atomic E-state index is -0.0628. The fraction of sp³-hybridized carbons (Fsp3) is 0.556. The van der Waals surface area contributed by atoms with Crippen LogP contribution in [0.5, 0.6) is 0 Å². The summed E-state index contributed by atoms with van der Waals surface area (Å²) in [6.07, 6.45) is 6.14. The molecule has 2 unspecified atom stereocenters. The number of aryl methyl sites for hydroxylation is 1. The summed E-state index contributed by atoms with van der Waals surface area (Å²) in [6, 6.07) is 5.84. The largest absolute Gasteiger partial charge is 0.322 e. The lowest BCUT2D eigenvalue weighted by Crippen LogP contribution is -2.26. The molecule has 1 aliphatic rings. The molecule has 118 valence electrons. The molecule has 3 nitrogen and oxygen atoms in total. The summed E-state index contributed by atoms with van der Waals surface area (Å²) in [4.78, 5) is 10.7. The van der Waals surface area contributed by atoms with Crippen LogP contribution >= 0.6 is 11.3 Å². The Kier molecular flexibility index (Phi) is 4.33. The van der Waals surface area contributed by atoms with Gasteiger partial charge in [-0.3, -0.25) is 4.98 Å². The van der Waals surface area contributed by atoms with E-state index < -0.39 is 0 Å². The zero-order valence-corrected chi connectivity index (χ0v) is 14.5. The van der Waals surface area contributed by atoms with Gasteiger partial charge < -0.3 is 5.73 Å². The van der Waals surface area contributed by atoms with Gasteiger partial charge in [0.05, 0.1) is 22.4 Å². The standard InChI is InChI=1S/C18H25N3S/c1-18(2,3)12-7-8-15-16(10-12)22-17(21-15)11-13(19)14-6-4-5-9-20-14/h4-6,9,12-13H,7-8,10-11,19H2,1-3H3. The van der Waals surface area contributed by atoms with Gasteiger partial charge in [-0.1, -0.05) is 26.8 Å². The van der Waals surface area contributed by atoms with Crippen molar-refractivity contribution in [2.75, 3.05) is 0 Å². The fourth-order valence-electron chi connectivity index (χ4n) is 3.14. The lowest BCUT2D eigenvalue weighted by Gasteiger charge is -2.33. The molecule has 0 saturated carbocycles. The molecule has 2 heterocycles. The van der Waals surface area contributed by atoms with Crippen LogP contribution in [0.3, 0.4) is 0 Å². The summed E-state index contributed by atoms with van der Waals surface area (Å²) in [6.45, 7) is 7.05. The van der Waals surface area contributed by atoms with Crippen molar-refractivity contribution >= 4 is 11.3 Å². The number of fused-ring (bicyclic) bond motifs is 1. The molecule has 0 amide bonds. The van der Waals surface area contributed by atoms with Crippen molar-refractivity contribution in [3.63, 3.8) is 0 Å². The van der Waals surface area contributed by atoms with Gasteiger partial charge in [0, 0.05) is 17.5 Å². The molecule has 0 aliphatic heterocycles. The number of hydrogen-bond donors (Lipinski definition) is 1. The molecule has 0 aromatic carbocycles. The number of aromatic nitrogens is 2. The average molecular weight is 315 g/mol. The van der Waals surface area contributed by atoms with E-state index in [1.165, 1.54) is 23.4 Å². The van der Waals surface area contributed by atoms with Gasteiger partial charge in [-0.25, -0.2) is 4.98 Å². The minimum Gasteiger partial charge on any atom is -0.322 e. The Balaban J connectivity index is 1.72. The molecule has 0 fully saturated rings. The summed E-state index contributed by atoms with van der Waals surface area (Å²) < 4.78 is 0. The molecule has 1 aliphatic carbocycles. The van der Waals surface area contributed by atoms with Gasteiger partial charge in [0.15, 0.2) is 0 Å². The first-order valence-corrected chi connectivity index (χ1v) is 8.89. The monoisotopic (exact) mass is 315 g/mol. The van der Waals surface area contributed by atoms with Crippen molar-refractivity contribution < 1.29 is 0 Å². The SMILES string of the molecule is CC(C)(C)C1CCc2nc(CC(N)c3ccccn3)sc2C1. The van der Waals surface area contributed by atoms with Crippen molar-refractivity contribution in [2.24, 2.45) is 17.1 Å². The molecule has 2 atom stereocenters. The summed E-state index contributed by atoms with van der Waals surface area (Å²) in [7, 11) is 0. The summed E-state index contributed by atoms with van der Waals surface area (Å²) in [5, 5.41) is 1.16. The van der Waals surface area contributed by atoms with Crippen molar-refractivity contribution in [1.29, 1.82) is 0 Å². The number of pyridine rings is 1. The van der Waals surface area contributed by atoms with E-state index >= 15 is 0 Å². The topological polar surface area (TPSA) is 51.8 Å². The van der Waals surface area contributed by atoms with Crippen LogP contribution in [0.15, 0.2) is 24.4 Å². The van der Waals surface area contributed by atoms with E-state index in [9.17, 15) is 0 Å². The van der Waals surface area contributed by atoms with Crippen molar-refractivity contribution in [2.45, 2.75) is 52.5 Å². The van der Waals surface area contributed by atoms with Crippen molar-refractivity contribution in [3.8, 4) is 0 Å². The number of nitrogens with zero attached hydrogens (tertiary/aromatic N) is 2. The van der Waals surface area contributed by atoms with Crippen LogP contribution in [0.4, 0.5) is 0 Å². The van der Waals surface area contributed by atoms with E-state index in [2.05, 4.69) is 25.8 Å². The first-order chi connectivity index (χ1) is 10.4. The average Bonchev–Trinajstić information content (AvgIpc) is 2.88. The van der Waals surface area contributed by atoms with E-state index in [0.717, 1.165) is 29.5 Å². The minimum absolute atomic E-state index is 0.0628. The maximum atomic E-state index is 6.29. The number of rotatable bonds is 3. The highest BCUT2D eigenvalue weighted by atomic mass is 32.1. The molecule has 2 aromatic rings. The fourth-order valence-corrected chi connectivity index (χ4v) is 4.40. The van der Waals surface area contributed by atoms with Gasteiger partial charge in [0.1, 0.15) is 0 Å². The molecule has 2 N–H and O–H groups in total. The van der Waals surface area contributed by atoms with Crippen LogP contribution < -0.4 is 5.73 Å². The molecule has 0 spiro atoms. The lowest BCUT2D eigenvalue weighted by molar-refractivity contribution is 0.217. The second-order valence-corrected chi connectivity index (χ2v) is 8.52. The first kappa shape index (κ1) is 15.6. The Labute approximate surface area is 137 Å². The van der Waals surface area contributed by atoms with Crippen LogP contribution in [0.25, 0.3) is 0 Å². The summed E-state index contributed by atoms with van der Waals surface area (Å²) >= 11 is 1.86. The maximum absolute atomic E-state index is 6.29. The molecule has 4 heteroatoms. The highest BCUT2D eigenvalue weighted by molar-refractivity contribution is 7.11. The highest BCUT2D eigenvalue weighted by Crippen LogP contribution is 2.39.